The van der Waals surface area contributed by atoms with Crippen LogP contribution < -0.4 is 5.73 Å². The Bertz CT molecular complexity index is 1030. The topological polar surface area (TPSA) is 172 Å². The molecule has 0 amide bonds. The van der Waals surface area contributed by atoms with E-state index in [1.165, 1.54) is 19.9 Å². The minimum Gasteiger partial charge on any atom is -0.455 e. The smallest absolute Gasteiger partial charge is 0.344 e. The van der Waals surface area contributed by atoms with E-state index >= 15 is 0 Å². The van der Waals surface area contributed by atoms with Crippen LogP contribution in [0.3, 0.4) is 0 Å². The van der Waals surface area contributed by atoms with Gasteiger partial charge in [-0.05, 0) is 39.0 Å². The Morgan fingerprint density at radius 2 is 1.79 bits per heavy atom. The molecular formula is C27H42ClNO10. The monoisotopic (exact) mass is 575 g/mol. The van der Waals surface area contributed by atoms with Crippen molar-refractivity contribution in [1.82, 2.24) is 0 Å². The van der Waals surface area contributed by atoms with Crippen molar-refractivity contribution >= 4 is 36.1 Å². The molecule has 0 spiro atoms. The van der Waals surface area contributed by atoms with Crippen LogP contribution in [0, 0.1) is 16.7 Å². The van der Waals surface area contributed by atoms with Gasteiger partial charge in [-0.1, -0.05) is 26.8 Å². The van der Waals surface area contributed by atoms with Gasteiger partial charge in [0.1, 0.15) is 17.7 Å². The van der Waals surface area contributed by atoms with Gasteiger partial charge < -0.3 is 34.9 Å². The summed E-state index contributed by atoms with van der Waals surface area (Å²) in [5.74, 6) is -4.02. The Hall–Kier alpha value is -2.05. The Balaban J connectivity index is 0.00000533. The van der Waals surface area contributed by atoms with Crippen molar-refractivity contribution in [2.24, 2.45) is 22.5 Å². The molecule has 9 atom stereocenters. The molecule has 1 heterocycles. The number of fused-ring (bicyclic) bond motifs is 3. The second-order valence-electron chi connectivity index (χ2n) is 12.2. The molecule has 3 fully saturated rings. The average Bonchev–Trinajstić information content (AvgIpc) is 2.80. The van der Waals surface area contributed by atoms with E-state index in [1.54, 1.807) is 13.8 Å². The molecule has 4 N–H and O–H groups in total. The van der Waals surface area contributed by atoms with Gasteiger partial charge in [-0.3, -0.25) is 14.4 Å². The summed E-state index contributed by atoms with van der Waals surface area (Å²) in [6, 6.07) is -0.964. The summed E-state index contributed by atoms with van der Waals surface area (Å²) >= 11 is 0. The van der Waals surface area contributed by atoms with Crippen LogP contribution in [0.1, 0.15) is 67.7 Å². The third kappa shape index (κ3) is 5.01. The first kappa shape index (κ1) is 33.2. The Morgan fingerprint density at radius 3 is 2.31 bits per heavy atom. The van der Waals surface area contributed by atoms with Crippen LogP contribution >= 0.6 is 12.4 Å². The van der Waals surface area contributed by atoms with Gasteiger partial charge in [-0.15, -0.1) is 19.0 Å². The predicted molar refractivity (Wildman–Crippen MR) is 141 cm³/mol. The maximum absolute atomic E-state index is 13.9. The standard InChI is InChI=1S/C27H41NO10.ClH/c1-9-24(6)12-17(31)27(34)25(7)16(30)10-11-23(4,5)20(25)19(21(36-15(3)29)26(27,8)38-24)37-18(32)13-35-22(33)14(2)28;/h9,14,16,19-21,30,34H,1,10-13,28H2,2-8H3;1H/t14-,16-,19-,20-,21-,24-,25-,26+,27-;/m0./s1. The summed E-state index contributed by atoms with van der Waals surface area (Å²) in [5, 5.41) is 23.9. The zero-order valence-electron chi connectivity index (χ0n) is 23.6. The van der Waals surface area contributed by atoms with Crippen molar-refractivity contribution in [2.45, 2.75) is 109 Å². The number of aliphatic hydroxyl groups excluding tert-OH is 1. The molecule has 3 rings (SSSR count). The summed E-state index contributed by atoms with van der Waals surface area (Å²) in [5.41, 5.74) is -2.36. The number of Topliss-reactive ketones (excluding diaryl/α,β-unsaturated/α-hetero) is 1. The van der Waals surface area contributed by atoms with E-state index in [9.17, 15) is 29.4 Å². The van der Waals surface area contributed by atoms with Gasteiger partial charge >= 0.3 is 17.9 Å². The van der Waals surface area contributed by atoms with Crippen molar-refractivity contribution in [3.05, 3.63) is 12.7 Å². The lowest BCUT2D eigenvalue weighted by Crippen LogP contribution is -2.87. The van der Waals surface area contributed by atoms with Gasteiger partial charge in [0.15, 0.2) is 24.1 Å². The predicted octanol–water partition coefficient (Wildman–Crippen LogP) is 1.38. The highest BCUT2D eigenvalue weighted by atomic mass is 35.5. The molecule has 0 unspecified atom stereocenters. The Morgan fingerprint density at radius 1 is 1.21 bits per heavy atom. The molecule has 12 heteroatoms. The Labute approximate surface area is 235 Å². The van der Waals surface area contributed by atoms with Crippen LogP contribution in [-0.4, -0.2) is 81.7 Å². The average molecular weight is 576 g/mol. The molecule has 0 bridgehead atoms. The van der Waals surface area contributed by atoms with Crippen molar-refractivity contribution < 1.29 is 48.3 Å². The maximum atomic E-state index is 13.9. The number of hydrogen-bond acceptors (Lipinski definition) is 11. The number of carbonyl (C=O) groups excluding carboxylic acids is 4. The number of halogens is 1. The quantitative estimate of drug-likeness (QED) is 0.237. The SMILES string of the molecule is C=C[C@@]1(C)CC(=O)[C@]2(O)[C@@]3(C)[C@@H](O)CCC(C)(C)[C@@H]3[C@H](OC(=O)COC(=O)[C@H](C)N)[C@H](OC(C)=O)[C@@]2(C)O1.Cl. The molecule has 0 aromatic rings. The van der Waals surface area contributed by atoms with Crippen LogP contribution in [0.4, 0.5) is 0 Å². The number of carbonyl (C=O) groups is 4. The molecular weight excluding hydrogens is 534 g/mol. The molecule has 3 aliphatic rings. The number of nitrogens with two attached hydrogens (primary N) is 1. The normalized spacial score (nSPS) is 41.5. The molecule has 0 aromatic heterocycles. The van der Waals surface area contributed by atoms with E-state index in [2.05, 4.69) is 6.58 Å². The molecule has 11 nitrogen and oxygen atoms in total. The number of ketones is 1. The summed E-state index contributed by atoms with van der Waals surface area (Å²) < 4.78 is 22.9. The highest BCUT2D eigenvalue weighted by molar-refractivity contribution is 5.92. The van der Waals surface area contributed by atoms with Gasteiger partial charge in [0, 0.05) is 24.7 Å². The maximum Gasteiger partial charge on any atom is 0.344 e. The van der Waals surface area contributed by atoms with Gasteiger partial charge in [0.25, 0.3) is 0 Å². The summed E-state index contributed by atoms with van der Waals surface area (Å²) in [7, 11) is 0. The second kappa shape index (κ2) is 10.7. The molecule has 222 valence electrons. The number of hydrogen-bond donors (Lipinski definition) is 3. The lowest BCUT2D eigenvalue weighted by Gasteiger charge is -2.71. The number of esters is 3. The van der Waals surface area contributed by atoms with E-state index in [0.29, 0.717) is 6.42 Å². The highest BCUT2D eigenvalue weighted by Crippen LogP contribution is 2.67. The first-order valence-corrected chi connectivity index (χ1v) is 12.9. The van der Waals surface area contributed by atoms with E-state index in [1.807, 2.05) is 13.8 Å². The van der Waals surface area contributed by atoms with Crippen LogP contribution in [0.25, 0.3) is 0 Å². The van der Waals surface area contributed by atoms with Crippen molar-refractivity contribution in [3.63, 3.8) is 0 Å². The summed E-state index contributed by atoms with van der Waals surface area (Å²) in [4.78, 5) is 51.2. The fourth-order valence-corrected chi connectivity index (χ4v) is 7.19. The van der Waals surface area contributed by atoms with E-state index < -0.39 is 88.2 Å². The lowest BCUT2D eigenvalue weighted by molar-refractivity contribution is -0.371. The molecule has 2 saturated carbocycles. The van der Waals surface area contributed by atoms with Gasteiger partial charge in [0.2, 0.25) is 0 Å². The number of ether oxygens (including phenoxy) is 4. The molecule has 2 aliphatic carbocycles. The number of aliphatic hydroxyl groups is 2. The van der Waals surface area contributed by atoms with Crippen LogP contribution in [0.5, 0.6) is 0 Å². The molecule has 1 saturated heterocycles. The molecule has 39 heavy (non-hydrogen) atoms. The first-order valence-electron chi connectivity index (χ1n) is 12.9. The van der Waals surface area contributed by atoms with E-state index in [-0.39, 0.29) is 25.2 Å². The second-order valence-corrected chi connectivity index (χ2v) is 12.2. The first-order chi connectivity index (χ1) is 17.3. The van der Waals surface area contributed by atoms with Gasteiger partial charge in [0.05, 0.1) is 11.7 Å². The zero-order chi connectivity index (χ0) is 29.1. The van der Waals surface area contributed by atoms with Crippen LogP contribution in [0.15, 0.2) is 12.7 Å². The van der Waals surface area contributed by atoms with Gasteiger partial charge in [-0.25, -0.2) is 4.79 Å². The fourth-order valence-electron chi connectivity index (χ4n) is 7.19. The van der Waals surface area contributed by atoms with E-state index in [4.69, 9.17) is 24.7 Å². The highest BCUT2D eigenvalue weighted by Gasteiger charge is 2.82. The third-order valence-corrected chi connectivity index (χ3v) is 8.97. The zero-order valence-corrected chi connectivity index (χ0v) is 24.5. The third-order valence-electron chi connectivity index (χ3n) is 8.97. The molecule has 0 aromatic carbocycles. The lowest BCUT2D eigenvalue weighted by atomic mass is 9.39. The van der Waals surface area contributed by atoms with Crippen molar-refractivity contribution in [2.75, 3.05) is 6.61 Å². The minimum atomic E-state index is -2.34. The molecule has 0 radical (unpaired) electrons. The Kier molecular flexibility index (Phi) is 9.13. The largest absolute Gasteiger partial charge is 0.455 e. The van der Waals surface area contributed by atoms with Gasteiger partial charge in [-0.2, -0.15) is 0 Å². The number of rotatable bonds is 6. The fraction of sp³-hybridized carbons (Fsp3) is 0.778. The summed E-state index contributed by atoms with van der Waals surface area (Å²) in [6.07, 6.45) is -2.05. The van der Waals surface area contributed by atoms with Crippen molar-refractivity contribution in [1.29, 1.82) is 0 Å². The minimum absolute atomic E-state index is 0. The van der Waals surface area contributed by atoms with Crippen molar-refractivity contribution in [3.8, 4) is 0 Å². The van der Waals surface area contributed by atoms with Crippen LogP contribution in [-0.2, 0) is 38.1 Å². The summed E-state index contributed by atoms with van der Waals surface area (Å²) in [6.45, 7) is 13.9. The molecule has 1 aliphatic heterocycles. The van der Waals surface area contributed by atoms with E-state index in [0.717, 1.165) is 6.92 Å². The van der Waals surface area contributed by atoms with Crippen LogP contribution in [0.2, 0.25) is 0 Å².